The van der Waals surface area contributed by atoms with E-state index < -0.39 is 5.41 Å². The Bertz CT molecular complexity index is 1030. The molecule has 0 amide bonds. The Kier molecular flexibility index (Phi) is 31.2. The van der Waals surface area contributed by atoms with Gasteiger partial charge in [-0.1, -0.05) is 135 Å². The molecule has 2 aliphatic rings. The highest BCUT2D eigenvalue weighted by Crippen LogP contribution is 2.70. The van der Waals surface area contributed by atoms with Gasteiger partial charge in [0, 0.05) is 12.8 Å². The van der Waals surface area contributed by atoms with Crippen LogP contribution < -0.4 is 5.32 Å². The van der Waals surface area contributed by atoms with Gasteiger partial charge in [-0.25, -0.2) is 0 Å². The van der Waals surface area contributed by atoms with Crippen LogP contribution in [0.3, 0.4) is 0 Å². The van der Waals surface area contributed by atoms with Crippen LogP contribution in [0.2, 0.25) is 0 Å². The Morgan fingerprint density at radius 3 is 1.56 bits per heavy atom. The predicted octanol–water partition coefficient (Wildman–Crippen LogP) is 13.6. The number of ether oxygens (including phenoxy) is 3. The van der Waals surface area contributed by atoms with Gasteiger partial charge in [-0.3, -0.25) is 14.4 Å². The van der Waals surface area contributed by atoms with Gasteiger partial charge in [0.2, 0.25) is 0 Å². The Morgan fingerprint density at radius 1 is 0.667 bits per heavy atom. The lowest BCUT2D eigenvalue weighted by atomic mass is 9.74. The summed E-state index contributed by atoms with van der Waals surface area (Å²) in [4.78, 5) is 37.0. The Labute approximate surface area is 352 Å². The number of allylic oxidation sites excluding steroid dienone is 2. The van der Waals surface area contributed by atoms with Gasteiger partial charge in [-0.05, 0) is 128 Å². The van der Waals surface area contributed by atoms with E-state index in [2.05, 4.69) is 52.2 Å². The van der Waals surface area contributed by atoms with Crippen LogP contribution in [0.4, 0.5) is 0 Å². The molecule has 332 valence electrons. The van der Waals surface area contributed by atoms with Crippen LogP contribution in [0.1, 0.15) is 221 Å². The molecule has 0 heterocycles. The lowest BCUT2D eigenvalue weighted by Gasteiger charge is -2.33. The fraction of sp³-hybridized carbons (Fsp3) is 0.860. The molecule has 2 fully saturated rings. The summed E-state index contributed by atoms with van der Waals surface area (Å²) < 4.78 is 16.7. The van der Waals surface area contributed by atoms with E-state index in [-0.39, 0.29) is 24.0 Å². The van der Waals surface area contributed by atoms with Gasteiger partial charge in [0.1, 0.15) is 19.3 Å². The number of carbonyl (C=O) groups excluding carboxylic acids is 3. The highest BCUT2D eigenvalue weighted by molar-refractivity contribution is 5.76. The molecule has 0 aliphatic heterocycles. The van der Waals surface area contributed by atoms with Gasteiger partial charge < -0.3 is 19.5 Å². The normalized spacial score (nSPS) is 18.6. The molecule has 2 aliphatic carbocycles. The van der Waals surface area contributed by atoms with Gasteiger partial charge >= 0.3 is 17.9 Å². The molecule has 0 saturated heterocycles. The van der Waals surface area contributed by atoms with Crippen LogP contribution in [0, 0.1) is 22.7 Å². The third-order valence-electron chi connectivity index (χ3n) is 12.4. The maximum absolute atomic E-state index is 13.0. The monoisotopic (exact) mass is 802 g/mol. The van der Waals surface area contributed by atoms with Crippen LogP contribution in [0.15, 0.2) is 24.3 Å². The number of nitrogens with one attached hydrogen (secondary N) is 1. The van der Waals surface area contributed by atoms with Gasteiger partial charge in [-0.15, -0.1) is 0 Å². The van der Waals surface area contributed by atoms with Crippen molar-refractivity contribution in [2.45, 2.75) is 227 Å². The topological polar surface area (TPSA) is 90.9 Å². The Hall–Kier alpha value is -2.15. The van der Waals surface area contributed by atoms with E-state index in [1.165, 1.54) is 70.8 Å². The maximum Gasteiger partial charge on any atom is 0.311 e. The largest absolute Gasteiger partial charge is 0.462 e. The molecule has 0 spiro atoms. The van der Waals surface area contributed by atoms with Crippen molar-refractivity contribution in [3.8, 4) is 0 Å². The molecule has 7 nitrogen and oxygen atoms in total. The molecule has 0 bridgehead atoms. The minimum atomic E-state index is -0.453. The van der Waals surface area contributed by atoms with Crippen molar-refractivity contribution >= 4 is 17.9 Å². The Balaban J connectivity index is 0.00000155. The predicted molar refractivity (Wildman–Crippen MR) is 239 cm³/mol. The Morgan fingerprint density at radius 2 is 1.14 bits per heavy atom. The van der Waals surface area contributed by atoms with Crippen LogP contribution in [0.25, 0.3) is 0 Å². The first-order valence-corrected chi connectivity index (χ1v) is 24.0. The summed E-state index contributed by atoms with van der Waals surface area (Å²) in [7, 11) is 2.05. The average Bonchev–Trinajstić information content (AvgIpc) is 3.73. The van der Waals surface area contributed by atoms with E-state index in [0.717, 1.165) is 120 Å². The number of fused-ring (bicyclic) bond motifs is 1. The molecule has 1 N–H and O–H groups in total. The fourth-order valence-corrected chi connectivity index (χ4v) is 8.16. The van der Waals surface area contributed by atoms with Gasteiger partial charge in [0.25, 0.3) is 0 Å². The fourth-order valence-electron chi connectivity index (χ4n) is 8.16. The third kappa shape index (κ3) is 26.5. The van der Waals surface area contributed by atoms with Gasteiger partial charge in [0.15, 0.2) is 0 Å². The molecule has 2 rings (SSSR count). The molecular weight excluding hydrogens is 711 g/mol. The number of rotatable bonds is 36. The minimum absolute atomic E-state index is 0.0435. The van der Waals surface area contributed by atoms with E-state index in [1.54, 1.807) is 0 Å². The molecule has 0 aromatic rings. The highest BCUT2D eigenvalue weighted by Gasteiger charge is 2.63. The smallest absolute Gasteiger partial charge is 0.311 e. The molecule has 7 heteroatoms. The summed E-state index contributed by atoms with van der Waals surface area (Å²) in [6.45, 7) is 15.0. The van der Waals surface area contributed by atoms with Crippen LogP contribution in [-0.4, -0.2) is 50.8 Å². The highest BCUT2D eigenvalue weighted by atomic mass is 16.5. The van der Waals surface area contributed by atoms with Crippen molar-refractivity contribution in [3.05, 3.63) is 24.3 Å². The molecule has 3 atom stereocenters. The molecule has 0 radical (unpaired) electrons. The lowest BCUT2D eigenvalue weighted by molar-refractivity contribution is -0.161. The van der Waals surface area contributed by atoms with Gasteiger partial charge in [-0.2, -0.15) is 0 Å². The van der Waals surface area contributed by atoms with E-state index in [0.29, 0.717) is 26.1 Å². The summed E-state index contributed by atoms with van der Waals surface area (Å²) >= 11 is 0. The number of carbonyl (C=O) groups is 3. The molecule has 0 aromatic heterocycles. The van der Waals surface area contributed by atoms with Crippen molar-refractivity contribution < 1.29 is 28.6 Å². The zero-order valence-electron chi connectivity index (χ0n) is 38.4. The van der Waals surface area contributed by atoms with Crippen molar-refractivity contribution in [1.29, 1.82) is 0 Å². The first-order chi connectivity index (χ1) is 27.5. The third-order valence-corrected chi connectivity index (χ3v) is 12.4. The molecule has 2 saturated carbocycles. The molecule has 3 unspecified atom stereocenters. The number of hydrogen-bond acceptors (Lipinski definition) is 7. The molecule has 57 heavy (non-hydrogen) atoms. The summed E-state index contributed by atoms with van der Waals surface area (Å²) in [5, 5.41) is 3.25. The van der Waals surface area contributed by atoms with E-state index in [4.69, 9.17) is 14.2 Å². The molecule has 0 aromatic carbocycles. The molecular formula is C50H91NO6. The van der Waals surface area contributed by atoms with E-state index in [9.17, 15) is 14.4 Å². The second kappa shape index (κ2) is 33.7. The number of hydrogen-bond donors (Lipinski definition) is 1. The van der Waals surface area contributed by atoms with Crippen LogP contribution >= 0.6 is 0 Å². The number of unbranched alkanes of at least 4 members (excludes halogenated alkanes) is 16. The maximum atomic E-state index is 13.0. The van der Waals surface area contributed by atoms with Crippen LogP contribution in [0.5, 0.6) is 0 Å². The van der Waals surface area contributed by atoms with Crippen molar-refractivity contribution in [2.75, 3.05) is 26.8 Å². The second-order valence-electron chi connectivity index (χ2n) is 18.2. The summed E-state index contributed by atoms with van der Waals surface area (Å²) in [5.41, 5.74) is 0.341. The van der Waals surface area contributed by atoms with Crippen molar-refractivity contribution in [2.24, 2.45) is 22.7 Å². The first-order valence-electron chi connectivity index (χ1n) is 24.0. The summed E-state index contributed by atoms with van der Waals surface area (Å²) in [6.07, 6.45) is 37.9. The lowest BCUT2D eigenvalue weighted by Crippen LogP contribution is -2.33. The zero-order valence-corrected chi connectivity index (χ0v) is 38.4. The van der Waals surface area contributed by atoms with Crippen molar-refractivity contribution in [3.63, 3.8) is 0 Å². The average molecular weight is 802 g/mol. The zero-order chi connectivity index (χ0) is 42.0. The first kappa shape index (κ1) is 52.9. The minimum Gasteiger partial charge on any atom is -0.462 e. The SMILES string of the molecule is CCCCCC/C=C\COC(=O)CCCCCCCC(CCCCCCCC(=O)OC/C=C\CCCCCC)OC(=O)C(C)(C)CCC.CNCC1CC2CC12C. The van der Waals surface area contributed by atoms with Crippen molar-refractivity contribution in [1.82, 2.24) is 5.32 Å². The van der Waals surface area contributed by atoms with E-state index >= 15 is 0 Å². The quantitative estimate of drug-likeness (QED) is 0.0292. The van der Waals surface area contributed by atoms with E-state index in [1.807, 2.05) is 26.0 Å². The summed E-state index contributed by atoms with van der Waals surface area (Å²) in [5.74, 6) is 1.83. The van der Waals surface area contributed by atoms with Gasteiger partial charge in [0.05, 0.1) is 5.41 Å². The van der Waals surface area contributed by atoms with Crippen LogP contribution in [-0.2, 0) is 28.6 Å². The number of esters is 3. The second-order valence-corrected chi connectivity index (χ2v) is 18.2. The summed E-state index contributed by atoms with van der Waals surface area (Å²) in [6, 6.07) is 0. The standard InChI is InChI=1S/C42H76O6.C8H15N/c1-6-9-11-13-15-23-29-36-46-39(43)33-27-21-17-19-25-31-38(48-41(45)42(4,5)35-8-3)32-26-20-18-22-28-34-40(44)47-37-30-24-16-14-12-10-7-2;1-8-4-6(8)3-7(8)5-9-2/h23-24,29-30,38H,6-22,25-28,31-37H2,1-5H3;6-7,9H,3-5H2,1-2H3/b29-23-,30-24-;.